The van der Waals surface area contributed by atoms with Crippen molar-refractivity contribution in [1.82, 2.24) is 9.97 Å². The van der Waals surface area contributed by atoms with Crippen molar-refractivity contribution in [2.75, 3.05) is 11.4 Å². The van der Waals surface area contributed by atoms with Crippen LogP contribution in [0.2, 0.25) is 0 Å². The number of carbonyl (C=O) groups excluding carboxylic acids is 1. The van der Waals surface area contributed by atoms with Gasteiger partial charge in [-0.15, -0.1) is 0 Å². The number of hydrogen-bond acceptors (Lipinski definition) is 3. The van der Waals surface area contributed by atoms with Gasteiger partial charge in [0.2, 0.25) is 5.91 Å². The molecule has 1 amide bonds. The quantitative estimate of drug-likeness (QED) is 0.737. The van der Waals surface area contributed by atoms with Gasteiger partial charge in [0.05, 0.1) is 16.3 Å². The Morgan fingerprint density at radius 1 is 1.29 bits per heavy atom. The van der Waals surface area contributed by atoms with Crippen LogP contribution in [-0.4, -0.2) is 27.7 Å². The number of anilines is 1. The summed E-state index contributed by atoms with van der Waals surface area (Å²) in [5.74, 6) is 0.140. The normalized spacial score (nSPS) is 14.8. The van der Waals surface area contributed by atoms with Crippen molar-refractivity contribution >= 4 is 34.4 Å². The number of aromatic nitrogens is 2. The molecule has 2 heterocycles. The van der Waals surface area contributed by atoms with E-state index in [0.717, 1.165) is 34.8 Å². The van der Waals surface area contributed by atoms with Gasteiger partial charge in [0.15, 0.2) is 5.16 Å². The molecule has 0 saturated carbocycles. The maximum absolute atomic E-state index is 12.8. The minimum atomic E-state index is -0.183. The Labute approximate surface area is 145 Å². The number of nitrogens with one attached hydrogen (secondary N) is 1. The first kappa shape index (κ1) is 15.3. The van der Waals surface area contributed by atoms with Crippen molar-refractivity contribution in [2.45, 2.75) is 30.7 Å². The summed E-state index contributed by atoms with van der Waals surface area (Å²) < 4.78 is 0. The fraction of sp³-hybridized carbons (Fsp3) is 0.263. The van der Waals surface area contributed by atoms with Gasteiger partial charge in [0.25, 0.3) is 0 Å². The fourth-order valence-electron chi connectivity index (χ4n) is 3.16. The van der Waals surface area contributed by atoms with Crippen LogP contribution in [-0.2, 0) is 11.2 Å². The van der Waals surface area contributed by atoms with E-state index in [2.05, 4.69) is 29.0 Å². The van der Waals surface area contributed by atoms with Crippen molar-refractivity contribution < 1.29 is 4.79 Å². The minimum Gasteiger partial charge on any atom is -0.333 e. The second-order valence-electron chi connectivity index (χ2n) is 6.19. The Balaban J connectivity index is 1.53. The summed E-state index contributed by atoms with van der Waals surface area (Å²) in [6.07, 6.45) is 0.934. The number of hydrogen-bond donors (Lipinski definition) is 1. The van der Waals surface area contributed by atoms with Crippen molar-refractivity contribution in [3.05, 3.63) is 53.6 Å². The van der Waals surface area contributed by atoms with Gasteiger partial charge in [-0.25, -0.2) is 4.98 Å². The summed E-state index contributed by atoms with van der Waals surface area (Å²) >= 11 is 1.49. The zero-order valence-electron chi connectivity index (χ0n) is 13.7. The van der Waals surface area contributed by atoms with E-state index in [1.54, 1.807) is 0 Å². The number of carbonyl (C=O) groups is 1. The monoisotopic (exact) mass is 337 g/mol. The summed E-state index contributed by atoms with van der Waals surface area (Å²) in [6.45, 7) is 4.78. The largest absolute Gasteiger partial charge is 0.333 e. The number of nitrogens with zero attached hydrogens (tertiary/aromatic N) is 2. The fourth-order valence-corrected chi connectivity index (χ4v) is 4.04. The summed E-state index contributed by atoms with van der Waals surface area (Å²) in [6, 6.07) is 14.3. The molecule has 0 fully saturated rings. The molecule has 0 bridgehead atoms. The van der Waals surface area contributed by atoms with Gasteiger partial charge >= 0.3 is 0 Å². The van der Waals surface area contributed by atoms with Crippen LogP contribution in [0.4, 0.5) is 5.69 Å². The van der Waals surface area contributed by atoms with Crippen LogP contribution in [0.5, 0.6) is 0 Å². The Kier molecular flexibility index (Phi) is 3.81. The molecule has 0 unspecified atom stereocenters. The Bertz CT molecular complexity index is 918. The maximum atomic E-state index is 12.8. The van der Waals surface area contributed by atoms with E-state index in [1.807, 2.05) is 42.2 Å². The molecule has 3 aromatic rings. The van der Waals surface area contributed by atoms with E-state index in [1.165, 1.54) is 22.9 Å². The minimum absolute atomic E-state index is 0.140. The summed E-state index contributed by atoms with van der Waals surface area (Å²) in [7, 11) is 0. The van der Waals surface area contributed by atoms with E-state index in [-0.39, 0.29) is 11.2 Å². The number of amides is 1. The Hall–Kier alpha value is -2.27. The van der Waals surface area contributed by atoms with Gasteiger partial charge in [-0.3, -0.25) is 4.79 Å². The van der Waals surface area contributed by atoms with Crippen LogP contribution in [0.25, 0.3) is 11.0 Å². The molecule has 2 aromatic carbocycles. The topological polar surface area (TPSA) is 49.0 Å². The molecular weight excluding hydrogens is 318 g/mol. The number of benzene rings is 2. The lowest BCUT2D eigenvalue weighted by atomic mass is 10.2. The highest BCUT2D eigenvalue weighted by atomic mass is 32.2. The van der Waals surface area contributed by atoms with E-state index in [4.69, 9.17) is 0 Å². The first-order chi connectivity index (χ1) is 11.6. The number of para-hydroxylation sites is 1. The van der Waals surface area contributed by atoms with Crippen molar-refractivity contribution in [3.63, 3.8) is 0 Å². The third kappa shape index (κ3) is 2.69. The number of H-pyrrole nitrogens is 1. The molecule has 0 saturated heterocycles. The molecule has 1 atom stereocenters. The zero-order chi connectivity index (χ0) is 16.7. The maximum Gasteiger partial charge on any atom is 0.240 e. The van der Waals surface area contributed by atoms with Crippen molar-refractivity contribution in [1.29, 1.82) is 0 Å². The smallest absolute Gasteiger partial charge is 0.240 e. The SMILES string of the molecule is Cc1ccc2nc(S[C@@H](C)C(=O)N3CCc4ccccc43)[nH]c2c1. The van der Waals surface area contributed by atoms with Gasteiger partial charge in [-0.05, 0) is 49.6 Å². The number of imidazole rings is 1. The lowest BCUT2D eigenvalue weighted by Crippen LogP contribution is -2.35. The lowest BCUT2D eigenvalue weighted by molar-refractivity contribution is -0.117. The molecule has 0 radical (unpaired) electrons. The highest BCUT2D eigenvalue weighted by Crippen LogP contribution is 2.31. The predicted octanol–water partition coefficient (Wildman–Crippen LogP) is 3.94. The molecule has 122 valence electrons. The van der Waals surface area contributed by atoms with Crippen LogP contribution in [0, 0.1) is 6.92 Å². The van der Waals surface area contributed by atoms with Gasteiger partial charge in [0, 0.05) is 12.2 Å². The first-order valence-corrected chi connectivity index (χ1v) is 9.02. The van der Waals surface area contributed by atoms with Crippen LogP contribution in [0.3, 0.4) is 0 Å². The van der Waals surface area contributed by atoms with Crippen LogP contribution < -0.4 is 4.90 Å². The van der Waals surface area contributed by atoms with Gasteiger partial charge in [-0.1, -0.05) is 36.0 Å². The third-order valence-corrected chi connectivity index (χ3v) is 5.38. The number of thioether (sulfide) groups is 1. The number of fused-ring (bicyclic) bond motifs is 2. The standard InChI is InChI=1S/C19H19N3OS/c1-12-7-8-15-16(11-12)21-19(20-15)24-13(2)18(23)22-10-9-14-5-3-4-6-17(14)22/h3-8,11,13H,9-10H2,1-2H3,(H,20,21)/t13-/m0/s1. The van der Waals surface area contributed by atoms with Crippen LogP contribution in [0.15, 0.2) is 47.6 Å². The van der Waals surface area contributed by atoms with E-state index in [9.17, 15) is 4.79 Å². The van der Waals surface area contributed by atoms with Crippen LogP contribution in [0.1, 0.15) is 18.1 Å². The van der Waals surface area contributed by atoms with E-state index < -0.39 is 0 Å². The molecule has 1 aliphatic heterocycles. The molecule has 1 aliphatic rings. The lowest BCUT2D eigenvalue weighted by Gasteiger charge is -2.20. The highest BCUT2D eigenvalue weighted by Gasteiger charge is 2.28. The number of aryl methyl sites for hydroxylation is 1. The Morgan fingerprint density at radius 3 is 3.00 bits per heavy atom. The predicted molar refractivity (Wildman–Crippen MR) is 98.6 cm³/mol. The second-order valence-corrected chi connectivity index (χ2v) is 7.52. The first-order valence-electron chi connectivity index (χ1n) is 8.14. The zero-order valence-corrected chi connectivity index (χ0v) is 14.6. The molecule has 4 nitrogen and oxygen atoms in total. The number of aromatic amines is 1. The average molecular weight is 337 g/mol. The average Bonchev–Trinajstić information content (AvgIpc) is 3.17. The van der Waals surface area contributed by atoms with Crippen LogP contribution >= 0.6 is 11.8 Å². The number of rotatable bonds is 3. The molecule has 0 aliphatic carbocycles. The van der Waals surface area contributed by atoms with Gasteiger partial charge in [-0.2, -0.15) is 0 Å². The third-order valence-electron chi connectivity index (χ3n) is 4.41. The summed E-state index contributed by atoms with van der Waals surface area (Å²) in [5, 5.41) is 0.613. The molecule has 5 heteroatoms. The molecule has 4 rings (SSSR count). The second kappa shape index (κ2) is 5.98. The molecule has 1 N–H and O–H groups in total. The molecule has 1 aromatic heterocycles. The molecule has 24 heavy (non-hydrogen) atoms. The summed E-state index contributed by atoms with van der Waals surface area (Å²) in [5.41, 5.74) is 5.45. The highest BCUT2D eigenvalue weighted by molar-refractivity contribution is 8.00. The van der Waals surface area contributed by atoms with E-state index in [0.29, 0.717) is 0 Å². The molecular formula is C19H19N3OS. The molecule has 0 spiro atoms. The van der Waals surface area contributed by atoms with Crippen molar-refractivity contribution in [3.8, 4) is 0 Å². The summed E-state index contributed by atoms with van der Waals surface area (Å²) in [4.78, 5) is 22.6. The van der Waals surface area contributed by atoms with Gasteiger partial charge < -0.3 is 9.88 Å². The Morgan fingerprint density at radius 2 is 2.12 bits per heavy atom. The van der Waals surface area contributed by atoms with Gasteiger partial charge in [0.1, 0.15) is 0 Å². The van der Waals surface area contributed by atoms with Crippen molar-refractivity contribution in [2.24, 2.45) is 0 Å². The van der Waals surface area contributed by atoms with E-state index >= 15 is 0 Å².